The van der Waals surface area contributed by atoms with Crippen LogP contribution in [0.2, 0.25) is 0 Å². The van der Waals surface area contributed by atoms with E-state index in [0.717, 1.165) is 45.8 Å². The van der Waals surface area contributed by atoms with E-state index in [2.05, 4.69) is 34.4 Å². The third-order valence-corrected chi connectivity index (χ3v) is 15.8. The van der Waals surface area contributed by atoms with Crippen LogP contribution in [-0.2, 0) is 29.1 Å². The minimum atomic E-state index is -4.01. The first-order valence-corrected chi connectivity index (χ1v) is 24.7. The molecule has 4 aliphatic rings. The molecule has 3 fully saturated rings. The molecular weight excluding hydrogens is 855 g/mol. The van der Waals surface area contributed by atoms with Gasteiger partial charge in [0.2, 0.25) is 21.8 Å². The highest BCUT2D eigenvalue weighted by Gasteiger charge is 2.63. The molecule has 15 nitrogen and oxygen atoms in total. The summed E-state index contributed by atoms with van der Waals surface area (Å²) in [5.74, 6) is -2.37. The molecule has 2 aliphatic carbocycles. The number of ether oxygens (including phenoxy) is 2. The average Bonchev–Trinajstić information content (AvgIpc) is 3.90. The summed E-state index contributed by atoms with van der Waals surface area (Å²) in [7, 11) is -4.01. The Balaban J connectivity index is 1.12. The summed E-state index contributed by atoms with van der Waals surface area (Å²) in [6.45, 7) is 12.9. The van der Waals surface area contributed by atoms with Crippen molar-refractivity contribution in [2.45, 2.75) is 146 Å². The standard InChI is InChI=1S/C47H59N7O8S2/c1-28(2)54-36-21-15-19-33(40-48-35(27-63-40)32-18-14-13-16-29(32)3)38(36)50-43(54)61-31-24-37-39(55)51-47(42(57)52-64(59,60)46(7)22-23-46)25-30(47)17-11-9-8-10-12-20-34(41(56)53(37)26-31)49-44(58)62-45(4,5)6/h11,13-19,21,27-28,30-31,34,37H,8-10,12,20,22-26H2,1-7H3,(H,49,58)(H,51,55)(H,52,57)/b17-11-/t30-,31+,34-,37-,47+/m0/s1. The number of thiazole rings is 1. The number of amides is 4. The zero-order valence-electron chi connectivity index (χ0n) is 37.6. The van der Waals surface area contributed by atoms with E-state index >= 15 is 0 Å². The Hall–Kier alpha value is -5.29. The van der Waals surface area contributed by atoms with Gasteiger partial charge in [0.1, 0.15) is 39.9 Å². The molecule has 0 bridgehead atoms. The summed E-state index contributed by atoms with van der Waals surface area (Å²) in [5.41, 5.74) is 3.05. The van der Waals surface area contributed by atoms with E-state index in [-0.39, 0.29) is 25.4 Å². The monoisotopic (exact) mass is 913 g/mol. The molecule has 4 amide bonds. The summed E-state index contributed by atoms with van der Waals surface area (Å²) in [4.78, 5) is 68.2. The smallest absolute Gasteiger partial charge is 0.408 e. The van der Waals surface area contributed by atoms with Crippen molar-refractivity contribution in [2.24, 2.45) is 5.92 Å². The molecule has 3 N–H and O–H groups in total. The first-order valence-electron chi connectivity index (χ1n) is 22.3. The molecule has 8 rings (SSSR count). The highest BCUT2D eigenvalue weighted by atomic mass is 32.2. The molecule has 2 aliphatic heterocycles. The molecular formula is C47H59N7O8S2. The van der Waals surface area contributed by atoms with Crippen molar-refractivity contribution in [3.05, 3.63) is 65.6 Å². The Bertz CT molecular complexity index is 2610. The number of aromatic nitrogens is 3. The first-order chi connectivity index (χ1) is 30.3. The van der Waals surface area contributed by atoms with Crippen LogP contribution >= 0.6 is 11.3 Å². The third-order valence-electron chi connectivity index (χ3n) is 12.8. The maximum atomic E-state index is 14.8. The number of para-hydroxylation sites is 1. The van der Waals surface area contributed by atoms with Crippen molar-refractivity contribution in [1.82, 2.24) is 34.8 Å². The van der Waals surface area contributed by atoms with E-state index < -0.39 is 73.8 Å². The van der Waals surface area contributed by atoms with Gasteiger partial charge in [-0.15, -0.1) is 11.3 Å². The van der Waals surface area contributed by atoms with Gasteiger partial charge in [-0.2, -0.15) is 4.98 Å². The number of benzene rings is 2. The number of carbonyl (C=O) groups is 4. The van der Waals surface area contributed by atoms with Crippen LogP contribution in [0.5, 0.6) is 6.01 Å². The van der Waals surface area contributed by atoms with Gasteiger partial charge in [0.05, 0.1) is 22.5 Å². The van der Waals surface area contributed by atoms with Crippen LogP contribution in [0.3, 0.4) is 0 Å². The van der Waals surface area contributed by atoms with Crippen LogP contribution in [-0.4, -0.2) is 92.3 Å². The highest BCUT2D eigenvalue weighted by molar-refractivity contribution is 7.91. The van der Waals surface area contributed by atoms with Gasteiger partial charge < -0.3 is 25.0 Å². The number of carbonyl (C=O) groups excluding carboxylic acids is 4. The Morgan fingerprint density at radius 3 is 2.48 bits per heavy atom. The molecule has 2 saturated carbocycles. The van der Waals surface area contributed by atoms with Gasteiger partial charge in [-0.05, 0) is 105 Å². The second kappa shape index (κ2) is 17.3. The zero-order valence-corrected chi connectivity index (χ0v) is 39.2. The van der Waals surface area contributed by atoms with Gasteiger partial charge in [0.15, 0.2) is 0 Å². The molecule has 0 unspecified atom stereocenters. The van der Waals surface area contributed by atoms with Crippen molar-refractivity contribution in [3.8, 4) is 27.8 Å². The quantitative estimate of drug-likeness (QED) is 0.143. The van der Waals surface area contributed by atoms with Gasteiger partial charge in [-0.1, -0.05) is 55.3 Å². The molecule has 1 saturated heterocycles. The number of alkyl carbamates (subject to hydrolysis) is 1. The van der Waals surface area contributed by atoms with Crippen molar-refractivity contribution in [3.63, 3.8) is 0 Å². The summed E-state index contributed by atoms with van der Waals surface area (Å²) in [6, 6.07) is 12.1. The summed E-state index contributed by atoms with van der Waals surface area (Å²) in [6.07, 6.45) is 6.58. The SMILES string of the molecule is Cc1ccccc1-c1csc(-c2cccc3c2nc(O[C@@H]2C[C@H]4C(=O)N[C@]5(C(=O)NS(=O)(=O)C6(C)CC6)C[C@@H]5/C=C\CCCCC[C@H](NC(=O)OC(C)(C)C)C(=O)N4C2)n3C(C)C)n1. The molecule has 5 atom stereocenters. The predicted molar refractivity (Wildman–Crippen MR) is 245 cm³/mol. The van der Waals surface area contributed by atoms with Crippen molar-refractivity contribution in [1.29, 1.82) is 0 Å². The van der Waals surface area contributed by atoms with Crippen molar-refractivity contribution >= 4 is 56.2 Å². The minimum absolute atomic E-state index is 0.0287. The number of allylic oxidation sites excluding steroid dienone is 1. The van der Waals surface area contributed by atoms with Crippen LogP contribution in [0.25, 0.3) is 32.9 Å². The lowest BCUT2D eigenvalue weighted by atomic mass is 10.0. The fourth-order valence-electron chi connectivity index (χ4n) is 8.78. The second-order valence-electron chi connectivity index (χ2n) is 19.3. The van der Waals surface area contributed by atoms with Gasteiger partial charge in [0.25, 0.3) is 11.9 Å². The fourth-order valence-corrected chi connectivity index (χ4v) is 10.9. The maximum absolute atomic E-state index is 14.8. The number of fused-ring (bicyclic) bond motifs is 3. The van der Waals surface area contributed by atoms with Crippen molar-refractivity contribution in [2.75, 3.05) is 6.54 Å². The van der Waals surface area contributed by atoms with Crippen LogP contribution in [0, 0.1) is 12.8 Å². The zero-order chi connectivity index (χ0) is 45.8. The second-order valence-corrected chi connectivity index (χ2v) is 22.3. The lowest BCUT2D eigenvalue weighted by Gasteiger charge is -2.30. The highest BCUT2D eigenvalue weighted by Crippen LogP contribution is 2.48. The lowest BCUT2D eigenvalue weighted by molar-refractivity contribution is -0.141. The molecule has 64 heavy (non-hydrogen) atoms. The van der Waals surface area contributed by atoms with Gasteiger partial charge in [-0.25, -0.2) is 18.2 Å². The number of rotatable bonds is 9. The third kappa shape index (κ3) is 9.15. The Kier molecular flexibility index (Phi) is 12.2. The molecule has 0 radical (unpaired) electrons. The van der Waals surface area contributed by atoms with Gasteiger partial charge in [-0.3, -0.25) is 23.7 Å². The van der Waals surface area contributed by atoms with E-state index in [1.54, 1.807) is 27.7 Å². The van der Waals surface area contributed by atoms with Gasteiger partial charge >= 0.3 is 6.09 Å². The Morgan fingerprint density at radius 2 is 1.77 bits per heavy atom. The Morgan fingerprint density at radius 1 is 1.02 bits per heavy atom. The number of nitrogens with zero attached hydrogens (tertiary/aromatic N) is 4. The summed E-state index contributed by atoms with van der Waals surface area (Å²) in [5, 5.41) is 8.56. The number of sulfonamides is 1. The minimum Gasteiger partial charge on any atom is -0.459 e. The lowest BCUT2D eigenvalue weighted by Crippen LogP contribution is -2.58. The first kappa shape index (κ1) is 45.3. The normalized spacial score (nSPS) is 25.3. The number of hydrogen-bond donors (Lipinski definition) is 3. The number of imidazole rings is 1. The van der Waals surface area contributed by atoms with E-state index in [9.17, 15) is 27.6 Å². The van der Waals surface area contributed by atoms with Crippen LogP contribution in [0.1, 0.15) is 111 Å². The van der Waals surface area contributed by atoms with Crippen molar-refractivity contribution < 1.29 is 37.1 Å². The number of aryl methyl sites for hydroxylation is 1. The fraction of sp³-hybridized carbons (Fsp3) is 0.532. The molecule has 17 heteroatoms. The largest absolute Gasteiger partial charge is 0.459 e. The van der Waals surface area contributed by atoms with E-state index in [4.69, 9.17) is 19.4 Å². The van der Waals surface area contributed by atoms with E-state index in [1.165, 1.54) is 16.2 Å². The maximum Gasteiger partial charge on any atom is 0.408 e. The molecule has 4 heterocycles. The average molecular weight is 914 g/mol. The molecule has 342 valence electrons. The molecule has 4 aromatic rings. The number of nitrogens with one attached hydrogen (secondary N) is 3. The van der Waals surface area contributed by atoms with E-state index in [1.807, 2.05) is 66.3 Å². The topological polar surface area (TPSA) is 191 Å². The van der Waals surface area contributed by atoms with Crippen LogP contribution < -0.4 is 20.1 Å². The molecule has 0 spiro atoms. The Labute approximate surface area is 378 Å². The van der Waals surface area contributed by atoms with E-state index in [0.29, 0.717) is 43.6 Å². The summed E-state index contributed by atoms with van der Waals surface area (Å²) < 4.78 is 42.1. The number of hydrogen-bond acceptors (Lipinski definition) is 11. The van der Waals surface area contributed by atoms with Crippen LogP contribution in [0.15, 0.2) is 60.0 Å². The predicted octanol–water partition coefficient (Wildman–Crippen LogP) is 7.35. The molecule has 2 aromatic heterocycles. The summed E-state index contributed by atoms with van der Waals surface area (Å²) >= 11 is 1.53. The molecule has 2 aromatic carbocycles. The van der Waals surface area contributed by atoms with Crippen LogP contribution in [0.4, 0.5) is 4.79 Å². The van der Waals surface area contributed by atoms with Gasteiger partial charge in [0, 0.05) is 34.9 Å².